The van der Waals surface area contributed by atoms with Gasteiger partial charge in [0.05, 0.1) is 11.0 Å². The average molecular weight is 732 g/mol. The molecule has 0 fully saturated rings. The van der Waals surface area contributed by atoms with Gasteiger partial charge in [-0.05, 0) is 104 Å². The molecule has 8 aromatic carbocycles. The van der Waals surface area contributed by atoms with E-state index in [2.05, 4.69) is 217 Å². The fraction of sp³-hybridized carbons (Fsp3) is 0.0566. The molecular formula is C53H37N3O. The van der Waals surface area contributed by atoms with Crippen LogP contribution in [-0.4, -0.2) is 14.8 Å². The van der Waals surface area contributed by atoms with Gasteiger partial charge in [0.1, 0.15) is 0 Å². The molecule has 4 nitrogen and oxygen atoms in total. The van der Waals surface area contributed by atoms with E-state index in [1.807, 2.05) is 0 Å². The van der Waals surface area contributed by atoms with E-state index >= 15 is 0 Å². The summed E-state index contributed by atoms with van der Waals surface area (Å²) in [5, 5.41) is 11.5. The summed E-state index contributed by atoms with van der Waals surface area (Å²) in [5.41, 5.74) is 17.5. The van der Waals surface area contributed by atoms with E-state index in [9.17, 15) is 0 Å². The molecule has 57 heavy (non-hydrogen) atoms. The molecule has 270 valence electrons. The van der Waals surface area contributed by atoms with Crippen LogP contribution in [0, 0.1) is 0 Å². The second-order valence-electron chi connectivity index (χ2n) is 15.4. The van der Waals surface area contributed by atoms with Gasteiger partial charge < -0.3 is 8.98 Å². The quantitative estimate of drug-likeness (QED) is 0.171. The Labute approximate surface area is 331 Å². The molecule has 11 rings (SSSR count). The molecule has 0 bridgehead atoms. The zero-order valence-electron chi connectivity index (χ0n) is 31.6. The molecular weight excluding hydrogens is 695 g/mol. The fourth-order valence-corrected chi connectivity index (χ4v) is 9.02. The molecule has 1 aliphatic rings. The van der Waals surface area contributed by atoms with Gasteiger partial charge in [-0.3, -0.25) is 0 Å². The van der Waals surface area contributed by atoms with Crippen LogP contribution in [0.25, 0.3) is 94.9 Å². The lowest BCUT2D eigenvalue weighted by atomic mass is 9.82. The van der Waals surface area contributed by atoms with E-state index in [4.69, 9.17) is 4.42 Å². The first-order chi connectivity index (χ1) is 28.0. The van der Waals surface area contributed by atoms with Crippen molar-refractivity contribution in [2.75, 3.05) is 0 Å². The first-order valence-electron chi connectivity index (χ1n) is 19.5. The maximum Gasteiger partial charge on any atom is 0.248 e. The van der Waals surface area contributed by atoms with E-state index < -0.39 is 0 Å². The summed E-state index contributed by atoms with van der Waals surface area (Å²) in [4.78, 5) is 0. The van der Waals surface area contributed by atoms with Crippen LogP contribution in [0.3, 0.4) is 0 Å². The summed E-state index contributed by atoms with van der Waals surface area (Å²) >= 11 is 0. The summed E-state index contributed by atoms with van der Waals surface area (Å²) in [6.07, 6.45) is 0. The molecule has 1 aliphatic carbocycles. The third kappa shape index (κ3) is 5.29. The highest BCUT2D eigenvalue weighted by molar-refractivity contribution is 6.09. The van der Waals surface area contributed by atoms with Gasteiger partial charge in [-0.2, -0.15) is 0 Å². The number of hydrogen-bond donors (Lipinski definition) is 0. The monoisotopic (exact) mass is 731 g/mol. The number of para-hydroxylation sites is 2. The van der Waals surface area contributed by atoms with Gasteiger partial charge >= 0.3 is 0 Å². The predicted molar refractivity (Wildman–Crippen MR) is 233 cm³/mol. The molecule has 0 N–H and O–H groups in total. The van der Waals surface area contributed by atoms with E-state index in [0.29, 0.717) is 11.8 Å². The third-order valence-corrected chi connectivity index (χ3v) is 11.9. The van der Waals surface area contributed by atoms with E-state index in [-0.39, 0.29) is 5.41 Å². The van der Waals surface area contributed by atoms with Crippen LogP contribution in [0.5, 0.6) is 0 Å². The van der Waals surface area contributed by atoms with Gasteiger partial charge in [0.25, 0.3) is 0 Å². The second-order valence-corrected chi connectivity index (χ2v) is 15.4. The Morgan fingerprint density at radius 2 is 0.825 bits per heavy atom. The summed E-state index contributed by atoms with van der Waals surface area (Å²) in [6, 6.07) is 67.2. The summed E-state index contributed by atoms with van der Waals surface area (Å²) in [5.74, 6) is 1.02. The lowest BCUT2D eigenvalue weighted by Crippen LogP contribution is -2.14. The Bertz CT molecular complexity index is 3090. The standard InChI is InChI=1S/C53H37N3O/c1-53(2)47-20-10-7-17-43(47)44-32-29-37(33-48(44)53)52-55-54-51(57-52)36-25-23-34(24-26-36)39-13-3-5-15-41(39)42-16-6-4-14-40(42)35-27-30-38(31-28-35)56-49-21-11-8-18-45(49)46-19-9-12-22-50(46)56/h3-33H,1-2H3. The maximum absolute atomic E-state index is 6.31. The highest BCUT2D eigenvalue weighted by Crippen LogP contribution is 2.49. The topological polar surface area (TPSA) is 43.9 Å². The number of nitrogens with zero attached hydrogens (tertiary/aromatic N) is 3. The number of aromatic nitrogens is 3. The van der Waals surface area contributed by atoms with Crippen molar-refractivity contribution in [2.24, 2.45) is 0 Å². The number of benzene rings is 8. The SMILES string of the molecule is CC1(C)c2ccccc2-c2ccc(-c3nnc(-c4ccc(-c5ccccc5-c5ccccc5-c5ccc(-n6c7ccccc7c7ccccc76)cc5)cc4)o3)cc21. The van der Waals surface area contributed by atoms with Gasteiger partial charge in [0.15, 0.2) is 0 Å². The Hall–Kier alpha value is -7.30. The molecule has 0 saturated carbocycles. The molecule has 2 heterocycles. The first kappa shape index (κ1) is 33.1. The Kier molecular flexibility index (Phi) is 7.48. The summed E-state index contributed by atoms with van der Waals surface area (Å²) in [7, 11) is 0. The molecule has 0 spiro atoms. The van der Waals surface area contributed by atoms with Crippen LogP contribution in [0.1, 0.15) is 25.0 Å². The molecule has 0 aliphatic heterocycles. The van der Waals surface area contributed by atoms with Crippen molar-refractivity contribution in [3.05, 3.63) is 199 Å². The Morgan fingerprint density at radius 3 is 1.44 bits per heavy atom. The van der Waals surface area contributed by atoms with Gasteiger partial charge in [-0.15, -0.1) is 10.2 Å². The molecule has 10 aromatic rings. The largest absolute Gasteiger partial charge is 0.416 e. The minimum atomic E-state index is -0.101. The predicted octanol–water partition coefficient (Wildman–Crippen LogP) is 13.8. The van der Waals surface area contributed by atoms with Gasteiger partial charge in [0.2, 0.25) is 11.8 Å². The van der Waals surface area contributed by atoms with Crippen LogP contribution >= 0.6 is 0 Å². The molecule has 0 atom stereocenters. The van der Waals surface area contributed by atoms with E-state index in [0.717, 1.165) is 27.9 Å². The van der Waals surface area contributed by atoms with E-state index in [1.165, 1.54) is 66.3 Å². The third-order valence-electron chi connectivity index (χ3n) is 11.9. The van der Waals surface area contributed by atoms with Crippen molar-refractivity contribution in [2.45, 2.75) is 19.3 Å². The number of rotatable bonds is 6. The second kappa shape index (κ2) is 12.9. The summed E-state index contributed by atoms with van der Waals surface area (Å²) in [6.45, 7) is 4.56. The van der Waals surface area contributed by atoms with Crippen LogP contribution in [0.2, 0.25) is 0 Å². The molecule has 0 radical (unpaired) electrons. The molecule has 0 amide bonds. The average Bonchev–Trinajstić information content (AvgIpc) is 3.96. The first-order valence-corrected chi connectivity index (χ1v) is 19.5. The van der Waals surface area contributed by atoms with Crippen LogP contribution in [0.15, 0.2) is 192 Å². The van der Waals surface area contributed by atoms with Gasteiger partial charge in [-0.25, -0.2) is 0 Å². The van der Waals surface area contributed by atoms with Crippen molar-refractivity contribution in [1.29, 1.82) is 0 Å². The summed E-state index contributed by atoms with van der Waals surface area (Å²) < 4.78 is 8.68. The van der Waals surface area contributed by atoms with Crippen molar-refractivity contribution >= 4 is 21.8 Å². The van der Waals surface area contributed by atoms with Crippen molar-refractivity contribution < 1.29 is 4.42 Å². The van der Waals surface area contributed by atoms with E-state index in [1.54, 1.807) is 0 Å². The van der Waals surface area contributed by atoms with Gasteiger partial charge in [0, 0.05) is 33.0 Å². The highest BCUT2D eigenvalue weighted by Gasteiger charge is 2.35. The van der Waals surface area contributed by atoms with Crippen LogP contribution in [-0.2, 0) is 5.41 Å². The lowest BCUT2D eigenvalue weighted by molar-refractivity contribution is 0.584. The lowest BCUT2D eigenvalue weighted by Gasteiger charge is -2.21. The Balaban J connectivity index is 0.896. The van der Waals surface area contributed by atoms with Crippen molar-refractivity contribution in [1.82, 2.24) is 14.8 Å². The number of fused-ring (bicyclic) bond motifs is 6. The van der Waals surface area contributed by atoms with Crippen molar-refractivity contribution in [3.8, 4) is 73.1 Å². The fourth-order valence-electron chi connectivity index (χ4n) is 9.02. The zero-order valence-corrected chi connectivity index (χ0v) is 31.6. The highest BCUT2D eigenvalue weighted by atomic mass is 16.4. The molecule has 0 saturated heterocycles. The van der Waals surface area contributed by atoms with Crippen LogP contribution < -0.4 is 0 Å². The van der Waals surface area contributed by atoms with Crippen LogP contribution in [0.4, 0.5) is 0 Å². The van der Waals surface area contributed by atoms with Gasteiger partial charge in [-0.1, -0.05) is 153 Å². The molecule has 2 aromatic heterocycles. The minimum absolute atomic E-state index is 0.101. The maximum atomic E-state index is 6.31. The smallest absolute Gasteiger partial charge is 0.248 e. The Morgan fingerprint density at radius 1 is 0.386 bits per heavy atom. The molecule has 0 unspecified atom stereocenters. The minimum Gasteiger partial charge on any atom is -0.416 e. The number of hydrogen-bond acceptors (Lipinski definition) is 3. The zero-order chi connectivity index (χ0) is 38.1. The van der Waals surface area contributed by atoms with Crippen molar-refractivity contribution in [3.63, 3.8) is 0 Å². The molecule has 4 heteroatoms. The normalized spacial score (nSPS) is 12.9.